The summed E-state index contributed by atoms with van der Waals surface area (Å²) < 4.78 is 5.55. The van der Waals surface area contributed by atoms with E-state index >= 15 is 0 Å². The fourth-order valence-corrected chi connectivity index (χ4v) is 6.05. The summed E-state index contributed by atoms with van der Waals surface area (Å²) in [5.41, 5.74) is -0.197. The maximum absolute atomic E-state index is 13.5. The van der Waals surface area contributed by atoms with Crippen molar-refractivity contribution in [2.45, 2.75) is 40.0 Å². The van der Waals surface area contributed by atoms with Crippen LogP contribution in [0.5, 0.6) is 0 Å². The van der Waals surface area contributed by atoms with Gasteiger partial charge in [-0.1, -0.05) is 0 Å². The molecule has 4 rings (SSSR count). The average Bonchev–Trinajstić information content (AvgIpc) is 3.36. The lowest BCUT2D eigenvalue weighted by Gasteiger charge is -2.46. The molecule has 0 N–H and O–H groups in total. The van der Waals surface area contributed by atoms with Gasteiger partial charge in [-0.15, -0.1) is 0 Å². The molecular weight excluding hydrogens is 396 g/mol. The molecule has 0 radical (unpaired) electrons. The molecule has 0 unspecified atom stereocenters. The fraction of sp³-hybridized carbons (Fsp3) is 0.696. The van der Waals surface area contributed by atoms with E-state index in [4.69, 9.17) is 4.42 Å². The molecule has 0 aliphatic carbocycles. The van der Waals surface area contributed by atoms with E-state index in [1.54, 1.807) is 25.1 Å². The predicted octanol–water partition coefficient (Wildman–Crippen LogP) is 2.35. The highest BCUT2D eigenvalue weighted by molar-refractivity contribution is 5.95. The number of carbonyl (C=O) groups is 3. The third-order valence-electron chi connectivity index (χ3n) is 7.79. The third-order valence-corrected chi connectivity index (χ3v) is 7.79. The highest BCUT2D eigenvalue weighted by Gasteiger charge is 2.66. The van der Waals surface area contributed by atoms with Crippen molar-refractivity contribution in [2.75, 3.05) is 53.4 Å². The number of piperidine rings is 1. The van der Waals surface area contributed by atoms with E-state index in [2.05, 4.69) is 0 Å². The Bertz CT molecular complexity index is 899. The standard InChI is InChI=1S/C23H34N4O4/c1-6-25-12-9-23(20(25)29)15-27(21(30)24(4)5)14-22(23)7-10-26(11-8-22)19(28)18-13-16(2)31-17(18)3/h13H,6-12,14-15H2,1-5H3/t23-/m0/s1. The molecule has 4 heterocycles. The van der Waals surface area contributed by atoms with Crippen LogP contribution in [0.15, 0.2) is 10.5 Å². The van der Waals surface area contributed by atoms with Gasteiger partial charge in [-0.25, -0.2) is 4.79 Å². The third kappa shape index (κ3) is 3.22. The van der Waals surface area contributed by atoms with Gasteiger partial charge in [0.05, 0.1) is 11.0 Å². The van der Waals surface area contributed by atoms with Gasteiger partial charge in [-0.05, 0) is 46.1 Å². The normalized spacial score (nSPS) is 25.2. The largest absolute Gasteiger partial charge is 0.466 e. The zero-order chi connectivity index (χ0) is 22.6. The lowest BCUT2D eigenvalue weighted by Crippen LogP contribution is -2.53. The van der Waals surface area contributed by atoms with Crippen LogP contribution < -0.4 is 0 Å². The Kier molecular flexibility index (Phi) is 5.30. The van der Waals surface area contributed by atoms with Crippen LogP contribution in [0, 0.1) is 24.7 Å². The maximum atomic E-state index is 13.5. The van der Waals surface area contributed by atoms with Crippen molar-refractivity contribution in [1.82, 2.24) is 19.6 Å². The number of fused-ring (bicyclic) bond motifs is 1. The summed E-state index contributed by atoms with van der Waals surface area (Å²) >= 11 is 0. The average molecular weight is 431 g/mol. The van der Waals surface area contributed by atoms with Gasteiger partial charge in [0.25, 0.3) is 5.91 Å². The van der Waals surface area contributed by atoms with Gasteiger partial charge in [0.2, 0.25) is 5.91 Å². The smallest absolute Gasteiger partial charge is 0.319 e. The molecule has 1 aromatic rings. The Hall–Kier alpha value is -2.51. The maximum Gasteiger partial charge on any atom is 0.319 e. The van der Waals surface area contributed by atoms with Crippen LogP contribution in [0.25, 0.3) is 0 Å². The minimum absolute atomic E-state index is 0.00889. The zero-order valence-electron chi connectivity index (χ0n) is 19.4. The second-order valence-electron chi connectivity index (χ2n) is 9.65. The highest BCUT2D eigenvalue weighted by Crippen LogP contribution is 2.58. The molecule has 4 amide bonds. The number of aryl methyl sites for hydroxylation is 2. The first-order chi connectivity index (χ1) is 14.6. The van der Waals surface area contributed by atoms with E-state index in [0.717, 1.165) is 31.6 Å². The zero-order valence-corrected chi connectivity index (χ0v) is 19.4. The first-order valence-electron chi connectivity index (χ1n) is 11.3. The van der Waals surface area contributed by atoms with Crippen LogP contribution in [0.1, 0.15) is 48.1 Å². The van der Waals surface area contributed by atoms with Gasteiger partial charge < -0.3 is 24.0 Å². The molecule has 3 saturated heterocycles. The Morgan fingerprint density at radius 2 is 1.74 bits per heavy atom. The summed E-state index contributed by atoms with van der Waals surface area (Å²) in [6.07, 6.45) is 2.25. The molecular formula is C23H34N4O4. The Balaban J connectivity index is 1.59. The molecule has 170 valence electrons. The number of likely N-dealkylation sites (tertiary alicyclic amines) is 3. The number of carbonyl (C=O) groups excluding carboxylic acids is 3. The molecule has 0 aromatic carbocycles. The molecule has 1 aromatic heterocycles. The van der Waals surface area contributed by atoms with Crippen LogP contribution in [0.2, 0.25) is 0 Å². The van der Waals surface area contributed by atoms with Gasteiger partial charge in [-0.2, -0.15) is 0 Å². The Morgan fingerprint density at radius 3 is 2.26 bits per heavy atom. The molecule has 1 atom stereocenters. The topological polar surface area (TPSA) is 77.3 Å². The van der Waals surface area contributed by atoms with Crippen molar-refractivity contribution < 1.29 is 18.8 Å². The van der Waals surface area contributed by atoms with Crippen molar-refractivity contribution in [3.05, 3.63) is 23.2 Å². The molecule has 3 aliphatic heterocycles. The lowest BCUT2D eigenvalue weighted by atomic mass is 9.60. The van der Waals surface area contributed by atoms with E-state index in [-0.39, 0.29) is 23.3 Å². The summed E-state index contributed by atoms with van der Waals surface area (Å²) in [6, 6.07) is 1.76. The molecule has 8 heteroatoms. The molecule has 8 nitrogen and oxygen atoms in total. The van der Waals surface area contributed by atoms with Crippen molar-refractivity contribution >= 4 is 17.8 Å². The lowest BCUT2D eigenvalue weighted by molar-refractivity contribution is -0.141. The Labute approximate surface area is 184 Å². The van der Waals surface area contributed by atoms with Gasteiger partial charge in [0.15, 0.2) is 0 Å². The second-order valence-corrected chi connectivity index (χ2v) is 9.65. The minimum atomic E-state index is -0.536. The molecule has 2 spiro atoms. The van der Waals surface area contributed by atoms with Crippen LogP contribution in [0.3, 0.4) is 0 Å². The molecule has 0 bridgehead atoms. The minimum Gasteiger partial charge on any atom is -0.466 e. The number of hydrogen-bond acceptors (Lipinski definition) is 4. The van der Waals surface area contributed by atoms with Crippen molar-refractivity contribution in [3.8, 4) is 0 Å². The van der Waals surface area contributed by atoms with Crippen molar-refractivity contribution in [2.24, 2.45) is 10.8 Å². The first-order valence-corrected chi connectivity index (χ1v) is 11.3. The van der Waals surface area contributed by atoms with E-state index in [1.165, 1.54) is 0 Å². The van der Waals surface area contributed by atoms with E-state index < -0.39 is 5.41 Å². The molecule has 3 aliphatic rings. The molecule has 0 saturated carbocycles. The molecule has 3 fully saturated rings. The SMILES string of the molecule is CCN1CC[C@]2(CN(C(=O)N(C)C)CC23CCN(C(=O)c2cc(C)oc2C)CC3)C1=O. The van der Waals surface area contributed by atoms with E-state index in [0.29, 0.717) is 44.0 Å². The number of nitrogens with zero attached hydrogens (tertiary/aromatic N) is 4. The van der Waals surface area contributed by atoms with E-state index in [1.807, 2.05) is 35.5 Å². The van der Waals surface area contributed by atoms with Crippen LogP contribution in [-0.2, 0) is 4.79 Å². The van der Waals surface area contributed by atoms with Crippen LogP contribution in [0.4, 0.5) is 4.79 Å². The van der Waals surface area contributed by atoms with E-state index in [9.17, 15) is 14.4 Å². The fourth-order valence-electron chi connectivity index (χ4n) is 6.05. The summed E-state index contributed by atoms with van der Waals surface area (Å²) in [5.74, 6) is 1.56. The van der Waals surface area contributed by atoms with Crippen LogP contribution in [-0.4, -0.2) is 90.8 Å². The number of amides is 4. The van der Waals surface area contributed by atoms with Crippen molar-refractivity contribution in [3.63, 3.8) is 0 Å². The Morgan fingerprint density at radius 1 is 1.06 bits per heavy atom. The predicted molar refractivity (Wildman–Crippen MR) is 116 cm³/mol. The monoisotopic (exact) mass is 430 g/mol. The number of urea groups is 1. The quantitative estimate of drug-likeness (QED) is 0.722. The molecule has 31 heavy (non-hydrogen) atoms. The van der Waals surface area contributed by atoms with Crippen molar-refractivity contribution in [1.29, 1.82) is 0 Å². The summed E-state index contributed by atoms with van der Waals surface area (Å²) in [5, 5.41) is 0. The first kappa shape index (κ1) is 21.7. The van der Waals surface area contributed by atoms with Gasteiger partial charge in [0, 0.05) is 58.8 Å². The second kappa shape index (κ2) is 7.57. The summed E-state index contributed by atoms with van der Waals surface area (Å²) in [6.45, 7) is 9.36. The van der Waals surface area contributed by atoms with Crippen LogP contribution >= 0.6 is 0 Å². The number of hydrogen-bond donors (Lipinski definition) is 0. The van der Waals surface area contributed by atoms with Gasteiger partial charge >= 0.3 is 6.03 Å². The number of furan rings is 1. The van der Waals surface area contributed by atoms with Gasteiger partial charge in [0.1, 0.15) is 11.5 Å². The summed E-state index contributed by atoms with van der Waals surface area (Å²) in [7, 11) is 3.51. The van der Waals surface area contributed by atoms with Gasteiger partial charge in [-0.3, -0.25) is 9.59 Å². The number of rotatable bonds is 2. The summed E-state index contributed by atoms with van der Waals surface area (Å²) in [4.78, 5) is 46.7. The highest BCUT2D eigenvalue weighted by atomic mass is 16.3.